The van der Waals surface area contributed by atoms with Gasteiger partial charge in [0.25, 0.3) is 0 Å². The zero-order valence-corrected chi connectivity index (χ0v) is 11.3. The van der Waals surface area contributed by atoms with Crippen LogP contribution >= 0.6 is 0 Å². The first-order valence-corrected chi connectivity index (χ1v) is 6.66. The van der Waals surface area contributed by atoms with Crippen LogP contribution in [0.15, 0.2) is 16.5 Å². The van der Waals surface area contributed by atoms with Crippen molar-refractivity contribution < 1.29 is 4.42 Å². The molecule has 1 saturated heterocycles. The average molecular weight is 261 g/mol. The molecule has 1 aliphatic rings. The Morgan fingerprint density at radius 2 is 2.32 bits per heavy atom. The van der Waals surface area contributed by atoms with Gasteiger partial charge in [0.05, 0.1) is 0 Å². The molecule has 3 heterocycles. The lowest BCUT2D eigenvalue weighted by molar-refractivity contribution is 0.416. The molecule has 6 nitrogen and oxygen atoms in total. The Hall–Kier alpha value is -1.82. The van der Waals surface area contributed by atoms with Gasteiger partial charge in [-0.15, -0.1) is 5.10 Å². The van der Waals surface area contributed by atoms with Crippen molar-refractivity contribution in [1.29, 1.82) is 0 Å². The zero-order valence-electron chi connectivity index (χ0n) is 11.3. The van der Waals surface area contributed by atoms with Gasteiger partial charge in [-0.1, -0.05) is 0 Å². The van der Waals surface area contributed by atoms with E-state index < -0.39 is 0 Å². The van der Waals surface area contributed by atoms with Gasteiger partial charge in [0.1, 0.15) is 5.76 Å². The summed E-state index contributed by atoms with van der Waals surface area (Å²) in [5.74, 6) is 2.94. The Labute approximate surface area is 112 Å². The monoisotopic (exact) mass is 261 g/mol. The number of H-pyrrole nitrogens is 1. The first-order valence-electron chi connectivity index (χ1n) is 6.66. The van der Waals surface area contributed by atoms with E-state index in [0.717, 1.165) is 25.1 Å². The lowest BCUT2D eigenvalue weighted by atomic mass is 9.99. The highest BCUT2D eigenvalue weighted by atomic mass is 16.3. The first kappa shape index (κ1) is 12.2. The Morgan fingerprint density at radius 3 is 3.05 bits per heavy atom. The molecular formula is C13H19N5O. The minimum atomic E-state index is 0.182. The molecule has 1 fully saturated rings. The number of hydrogen-bond acceptors (Lipinski definition) is 5. The maximum atomic E-state index is 6.10. The van der Waals surface area contributed by atoms with Crippen LogP contribution in [-0.4, -0.2) is 33.8 Å². The number of anilines is 1. The Morgan fingerprint density at radius 1 is 1.47 bits per heavy atom. The van der Waals surface area contributed by atoms with E-state index >= 15 is 0 Å². The quantitative estimate of drug-likeness (QED) is 0.859. The molecule has 2 aromatic rings. The summed E-state index contributed by atoms with van der Waals surface area (Å²) in [6, 6.07) is 4.25. The van der Waals surface area contributed by atoms with E-state index in [9.17, 15) is 0 Å². The van der Waals surface area contributed by atoms with Gasteiger partial charge in [0.2, 0.25) is 5.95 Å². The van der Waals surface area contributed by atoms with Crippen molar-refractivity contribution in [3.05, 3.63) is 17.9 Å². The van der Waals surface area contributed by atoms with Crippen LogP contribution in [0, 0.1) is 6.92 Å². The number of aromatic nitrogens is 3. The largest absolute Gasteiger partial charge is 0.458 e. The molecule has 0 radical (unpaired) electrons. The summed E-state index contributed by atoms with van der Waals surface area (Å²) in [6.07, 6.45) is 2.14. The number of aromatic amines is 1. The van der Waals surface area contributed by atoms with Crippen molar-refractivity contribution in [3.8, 4) is 11.6 Å². The summed E-state index contributed by atoms with van der Waals surface area (Å²) >= 11 is 0. The molecule has 6 heteroatoms. The molecule has 102 valence electrons. The minimum absolute atomic E-state index is 0.182. The number of furan rings is 1. The first-order chi connectivity index (χ1) is 9.15. The number of hydrogen-bond donors (Lipinski definition) is 2. The third-order valence-corrected chi connectivity index (χ3v) is 3.75. The SMILES string of the molecule is Cc1ccc(-c2nc(N3CCCC(N)C3C)n[nH]2)o1. The van der Waals surface area contributed by atoms with Gasteiger partial charge in [0.15, 0.2) is 11.6 Å². The van der Waals surface area contributed by atoms with Crippen LogP contribution in [0.3, 0.4) is 0 Å². The third-order valence-electron chi connectivity index (χ3n) is 3.75. The second-order valence-corrected chi connectivity index (χ2v) is 5.13. The van der Waals surface area contributed by atoms with Gasteiger partial charge >= 0.3 is 0 Å². The molecule has 2 aromatic heterocycles. The van der Waals surface area contributed by atoms with Crippen LogP contribution in [0.1, 0.15) is 25.5 Å². The fourth-order valence-corrected chi connectivity index (χ4v) is 2.51. The smallest absolute Gasteiger partial charge is 0.245 e. The Kier molecular flexibility index (Phi) is 3.02. The number of aryl methyl sites for hydroxylation is 1. The molecule has 2 atom stereocenters. The molecule has 0 amide bonds. The van der Waals surface area contributed by atoms with E-state index in [2.05, 4.69) is 27.0 Å². The topological polar surface area (TPSA) is 84.0 Å². The molecule has 0 spiro atoms. The molecule has 3 N–H and O–H groups in total. The van der Waals surface area contributed by atoms with Crippen molar-refractivity contribution >= 4 is 5.95 Å². The van der Waals surface area contributed by atoms with Gasteiger partial charge in [-0.3, -0.25) is 5.10 Å². The van der Waals surface area contributed by atoms with Crippen LogP contribution < -0.4 is 10.6 Å². The summed E-state index contributed by atoms with van der Waals surface area (Å²) in [4.78, 5) is 6.67. The third kappa shape index (κ3) is 2.23. The van der Waals surface area contributed by atoms with Gasteiger partial charge in [-0.25, -0.2) is 0 Å². The van der Waals surface area contributed by atoms with Crippen LogP contribution in [0.25, 0.3) is 11.6 Å². The number of rotatable bonds is 2. The maximum Gasteiger partial charge on any atom is 0.245 e. The number of nitrogens with two attached hydrogens (primary N) is 1. The summed E-state index contributed by atoms with van der Waals surface area (Å²) < 4.78 is 5.54. The highest BCUT2D eigenvalue weighted by molar-refractivity contribution is 5.50. The van der Waals surface area contributed by atoms with Crippen LogP contribution in [0.2, 0.25) is 0 Å². The molecule has 2 unspecified atom stereocenters. The number of nitrogens with zero attached hydrogens (tertiary/aromatic N) is 3. The van der Waals surface area contributed by atoms with E-state index in [1.54, 1.807) is 0 Å². The van der Waals surface area contributed by atoms with Gasteiger partial charge in [0, 0.05) is 18.6 Å². The number of nitrogens with one attached hydrogen (secondary N) is 1. The average Bonchev–Trinajstić information content (AvgIpc) is 3.01. The van der Waals surface area contributed by atoms with Crippen molar-refractivity contribution in [3.63, 3.8) is 0 Å². The van der Waals surface area contributed by atoms with Crippen molar-refractivity contribution in [2.24, 2.45) is 5.73 Å². The van der Waals surface area contributed by atoms with E-state index in [-0.39, 0.29) is 12.1 Å². The van der Waals surface area contributed by atoms with E-state index in [1.807, 2.05) is 19.1 Å². The summed E-state index contributed by atoms with van der Waals surface area (Å²) in [5.41, 5.74) is 6.10. The van der Waals surface area contributed by atoms with E-state index in [1.165, 1.54) is 0 Å². The van der Waals surface area contributed by atoms with Crippen LogP contribution in [0.5, 0.6) is 0 Å². The lowest BCUT2D eigenvalue weighted by Crippen LogP contribution is -2.50. The molecule has 0 aromatic carbocycles. The molecular weight excluding hydrogens is 242 g/mol. The lowest BCUT2D eigenvalue weighted by Gasteiger charge is -2.36. The fraction of sp³-hybridized carbons (Fsp3) is 0.538. The minimum Gasteiger partial charge on any atom is -0.458 e. The van der Waals surface area contributed by atoms with Gasteiger partial charge < -0.3 is 15.1 Å². The van der Waals surface area contributed by atoms with Crippen LogP contribution in [0.4, 0.5) is 5.95 Å². The van der Waals surface area contributed by atoms with Gasteiger partial charge in [-0.2, -0.15) is 4.98 Å². The maximum absolute atomic E-state index is 6.10. The molecule has 0 bridgehead atoms. The Bertz CT molecular complexity index is 561. The predicted octanol–water partition coefficient (Wildman–Crippen LogP) is 1.69. The summed E-state index contributed by atoms with van der Waals surface area (Å²) in [7, 11) is 0. The molecule has 0 aliphatic carbocycles. The van der Waals surface area contributed by atoms with Crippen molar-refractivity contribution in [1.82, 2.24) is 15.2 Å². The van der Waals surface area contributed by atoms with Crippen molar-refractivity contribution in [2.45, 2.75) is 38.8 Å². The summed E-state index contributed by atoms with van der Waals surface area (Å²) in [6.45, 7) is 4.98. The Balaban J connectivity index is 1.84. The van der Waals surface area contributed by atoms with Crippen molar-refractivity contribution in [2.75, 3.05) is 11.4 Å². The molecule has 3 rings (SSSR count). The highest BCUT2D eigenvalue weighted by Crippen LogP contribution is 2.24. The van der Waals surface area contributed by atoms with E-state index in [0.29, 0.717) is 17.5 Å². The van der Waals surface area contributed by atoms with Gasteiger partial charge in [-0.05, 0) is 38.8 Å². The fourth-order valence-electron chi connectivity index (χ4n) is 2.51. The highest BCUT2D eigenvalue weighted by Gasteiger charge is 2.28. The summed E-state index contributed by atoms with van der Waals surface area (Å²) in [5, 5.41) is 7.22. The second-order valence-electron chi connectivity index (χ2n) is 5.13. The second kappa shape index (κ2) is 4.70. The standard InChI is InChI=1S/C13H19N5O/c1-8-5-6-11(19-8)12-15-13(17-16-12)18-7-3-4-10(14)9(18)2/h5-6,9-10H,3-4,7,14H2,1-2H3,(H,15,16,17). The number of piperidine rings is 1. The molecule has 1 aliphatic heterocycles. The molecule has 19 heavy (non-hydrogen) atoms. The molecule has 0 saturated carbocycles. The van der Waals surface area contributed by atoms with Crippen LogP contribution in [-0.2, 0) is 0 Å². The predicted molar refractivity (Wildman–Crippen MR) is 72.8 cm³/mol. The normalized spacial score (nSPS) is 23.8. The zero-order chi connectivity index (χ0) is 13.4. The van der Waals surface area contributed by atoms with E-state index in [4.69, 9.17) is 10.2 Å².